The van der Waals surface area contributed by atoms with Crippen LogP contribution in [0.4, 0.5) is 4.39 Å². The van der Waals surface area contributed by atoms with Crippen molar-refractivity contribution in [3.8, 4) is 6.07 Å². The van der Waals surface area contributed by atoms with Gasteiger partial charge in [0.2, 0.25) is 10.0 Å². The van der Waals surface area contributed by atoms with Crippen molar-refractivity contribution in [1.82, 2.24) is 4.72 Å². The topological polar surface area (TPSA) is 79.2 Å². The second kappa shape index (κ2) is 7.54. The molecule has 5 nitrogen and oxygen atoms in total. The number of nitrogens with one attached hydrogen (secondary N) is 1. The van der Waals surface area contributed by atoms with Gasteiger partial charge in [0, 0.05) is 25.2 Å². The summed E-state index contributed by atoms with van der Waals surface area (Å²) in [5.74, 6) is -0.344. The summed E-state index contributed by atoms with van der Waals surface area (Å²) in [5, 5.41) is 8.83. The molecule has 0 spiro atoms. The lowest BCUT2D eigenvalue weighted by Crippen LogP contribution is -2.44. The third-order valence-electron chi connectivity index (χ3n) is 4.78. The average Bonchev–Trinajstić information content (AvgIpc) is 2.67. The Morgan fingerprint density at radius 3 is 2.46 bits per heavy atom. The average molecular weight is 374 g/mol. The first-order valence-electron chi connectivity index (χ1n) is 8.29. The lowest BCUT2D eigenvalue weighted by Gasteiger charge is -2.37. The van der Waals surface area contributed by atoms with E-state index in [2.05, 4.69) is 4.72 Å². The third-order valence-corrected chi connectivity index (χ3v) is 6.20. The fraction of sp³-hybridized carbons (Fsp3) is 0.316. The van der Waals surface area contributed by atoms with Crippen LogP contribution in [0.25, 0.3) is 0 Å². The molecule has 1 fully saturated rings. The van der Waals surface area contributed by atoms with Crippen molar-refractivity contribution in [3.05, 3.63) is 65.5 Å². The van der Waals surface area contributed by atoms with Gasteiger partial charge in [-0.1, -0.05) is 12.1 Å². The Balaban J connectivity index is 1.84. The Bertz CT molecular complexity index is 915. The molecule has 0 radical (unpaired) electrons. The first-order chi connectivity index (χ1) is 12.5. The minimum Gasteiger partial charge on any atom is -0.381 e. The monoisotopic (exact) mass is 374 g/mol. The summed E-state index contributed by atoms with van der Waals surface area (Å²) < 4.78 is 47.0. The highest BCUT2D eigenvalue weighted by Crippen LogP contribution is 2.35. The zero-order valence-electron chi connectivity index (χ0n) is 14.1. The molecule has 26 heavy (non-hydrogen) atoms. The van der Waals surface area contributed by atoms with E-state index in [0.717, 1.165) is 5.56 Å². The smallest absolute Gasteiger partial charge is 0.240 e. The van der Waals surface area contributed by atoms with E-state index in [-0.39, 0.29) is 17.3 Å². The lowest BCUT2D eigenvalue weighted by atomic mass is 9.74. The molecule has 1 aliphatic rings. The summed E-state index contributed by atoms with van der Waals surface area (Å²) in [7, 11) is -3.73. The van der Waals surface area contributed by atoms with Crippen molar-refractivity contribution < 1.29 is 17.5 Å². The van der Waals surface area contributed by atoms with Crippen molar-refractivity contribution in [2.24, 2.45) is 0 Å². The maximum atomic E-state index is 13.7. The van der Waals surface area contributed by atoms with E-state index in [4.69, 9.17) is 10.00 Å². The number of rotatable bonds is 5. The number of nitriles is 1. The van der Waals surface area contributed by atoms with Gasteiger partial charge in [0.1, 0.15) is 5.82 Å². The number of sulfonamides is 1. The molecule has 1 heterocycles. The van der Waals surface area contributed by atoms with E-state index in [1.54, 1.807) is 6.07 Å². The maximum absolute atomic E-state index is 13.7. The second-order valence-electron chi connectivity index (χ2n) is 6.36. The van der Waals surface area contributed by atoms with Crippen LogP contribution in [-0.2, 0) is 20.2 Å². The van der Waals surface area contributed by atoms with E-state index < -0.39 is 15.4 Å². The normalized spacial score (nSPS) is 16.8. The van der Waals surface area contributed by atoms with Crippen molar-refractivity contribution in [3.63, 3.8) is 0 Å². The summed E-state index contributed by atoms with van der Waals surface area (Å²) in [6.07, 6.45) is 1.21. The molecule has 1 N–H and O–H groups in total. The molecule has 136 valence electrons. The van der Waals surface area contributed by atoms with Gasteiger partial charge in [-0.3, -0.25) is 0 Å². The molecule has 0 bridgehead atoms. The summed E-state index contributed by atoms with van der Waals surface area (Å²) in [4.78, 5) is 0.0953. The van der Waals surface area contributed by atoms with E-state index in [0.29, 0.717) is 31.6 Å². The molecule has 1 aliphatic heterocycles. The molecule has 7 heteroatoms. The van der Waals surface area contributed by atoms with Crippen LogP contribution in [0.5, 0.6) is 0 Å². The highest BCUT2D eigenvalue weighted by Gasteiger charge is 2.36. The SMILES string of the molecule is N#Cc1ccc(S(=O)(=O)NCC2(c3cccc(F)c3)CCOCC2)cc1. The van der Waals surface area contributed by atoms with Crippen molar-refractivity contribution in [2.75, 3.05) is 19.8 Å². The van der Waals surface area contributed by atoms with E-state index >= 15 is 0 Å². The Kier molecular flexibility index (Phi) is 5.37. The summed E-state index contributed by atoms with van der Waals surface area (Å²) in [5.41, 5.74) is 0.646. The van der Waals surface area contributed by atoms with Gasteiger partial charge >= 0.3 is 0 Å². The van der Waals surface area contributed by atoms with E-state index in [9.17, 15) is 12.8 Å². The fourth-order valence-corrected chi connectivity index (χ4v) is 4.30. The van der Waals surface area contributed by atoms with E-state index in [1.165, 1.54) is 36.4 Å². The lowest BCUT2D eigenvalue weighted by molar-refractivity contribution is 0.0516. The van der Waals surface area contributed by atoms with Crippen LogP contribution < -0.4 is 4.72 Å². The molecular formula is C19H19FN2O3S. The first-order valence-corrected chi connectivity index (χ1v) is 9.77. The molecule has 2 aromatic rings. The summed E-state index contributed by atoms with van der Waals surface area (Å²) in [6.45, 7) is 1.15. The minimum atomic E-state index is -3.73. The van der Waals surface area contributed by atoms with Crippen LogP contribution >= 0.6 is 0 Å². The van der Waals surface area contributed by atoms with Crippen LogP contribution in [0.3, 0.4) is 0 Å². The molecule has 2 aromatic carbocycles. The Labute approximate surface area is 152 Å². The first kappa shape index (κ1) is 18.5. The number of nitrogens with zero attached hydrogens (tertiary/aromatic N) is 1. The molecule has 0 unspecified atom stereocenters. The van der Waals surface area contributed by atoms with Gasteiger partial charge in [-0.25, -0.2) is 17.5 Å². The summed E-state index contributed by atoms with van der Waals surface area (Å²) >= 11 is 0. The van der Waals surface area contributed by atoms with Gasteiger partial charge in [0.15, 0.2) is 0 Å². The molecule has 3 rings (SSSR count). The van der Waals surface area contributed by atoms with Crippen LogP contribution in [0, 0.1) is 17.1 Å². The van der Waals surface area contributed by atoms with Gasteiger partial charge in [-0.2, -0.15) is 5.26 Å². The molecule has 0 aliphatic carbocycles. The largest absolute Gasteiger partial charge is 0.381 e. The third kappa shape index (κ3) is 3.93. The zero-order chi connectivity index (χ0) is 18.6. The minimum absolute atomic E-state index is 0.0953. The molecule has 0 amide bonds. The number of hydrogen-bond acceptors (Lipinski definition) is 4. The van der Waals surface area contributed by atoms with Gasteiger partial charge in [-0.15, -0.1) is 0 Å². The Hall–Kier alpha value is -2.27. The van der Waals surface area contributed by atoms with Crippen LogP contribution in [0.2, 0.25) is 0 Å². The quantitative estimate of drug-likeness (QED) is 0.873. The van der Waals surface area contributed by atoms with Gasteiger partial charge in [0.25, 0.3) is 0 Å². The van der Waals surface area contributed by atoms with E-state index in [1.807, 2.05) is 12.1 Å². The van der Waals surface area contributed by atoms with Crippen molar-refractivity contribution in [2.45, 2.75) is 23.2 Å². The van der Waals surface area contributed by atoms with Crippen molar-refractivity contribution in [1.29, 1.82) is 5.26 Å². The predicted molar refractivity (Wildman–Crippen MR) is 94.5 cm³/mol. The predicted octanol–water partition coefficient (Wildman–Crippen LogP) is 2.72. The molecule has 0 aromatic heterocycles. The van der Waals surface area contributed by atoms with Gasteiger partial charge < -0.3 is 4.74 Å². The Morgan fingerprint density at radius 1 is 1.15 bits per heavy atom. The maximum Gasteiger partial charge on any atom is 0.240 e. The highest BCUT2D eigenvalue weighted by molar-refractivity contribution is 7.89. The highest BCUT2D eigenvalue weighted by atomic mass is 32.2. The van der Waals surface area contributed by atoms with Gasteiger partial charge in [0.05, 0.1) is 16.5 Å². The standard InChI is InChI=1S/C19H19FN2O3S/c20-17-3-1-2-16(12-17)19(8-10-25-11-9-19)14-22-26(23,24)18-6-4-15(13-21)5-7-18/h1-7,12,22H,8-11,14H2. The Morgan fingerprint density at radius 2 is 1.85 bits per heavy atom. The number of halogens is 1. The number of ether oxygens (including phenoxy) is 1. The number of hydrogen-bond donors (Lipinski definition) is 1. The fourth-order valence-electron chi connectivity index (χ4n) is 3.17. The van der Waals surface area contributed by atoms with Crippen molar-refractivity contribution >= 4 is 10.0 Å². The number of benzene rings is 2. The van der Waals surface area contributed by atoms with Crippen LogP contribution in [-0.4, -0.2) is 28.2 Å². The molecule has 0 atom stereocenters. The zero-order valence-corrected chi connectivity index (χ0v) is 14.9. The summed E-state index contributed by atoms with van der Waals surface area (Å²) in [6, 6.07) is 14.0. The van der Waals surface area contributed by atoms with Gasteiger partial charge in [-0.05, 0) is 54.8 Å². The van der Waals surface area contributed by atoms with Crippen LogP contribution in [0.1, 0.15) is 24.0 Å². The molecular weight excluding hydrogens is 355 g/mol. The second-order valence-corrected chi connectivity index (χ2v) is 8.13. The van der Waals surface area contributed by atoms with Crippen LogP contribution in [0.15, 0.2) is 53.4 Å². The molecule has 0 saturated carbocycles. The molecule has 1 saturated heterocycles.